The largest absolute Gasteiger partial charge is 0.385 e. The van der Waals surface area contributed by atoms with Crippen LogP contribution in [0.15, 0.2) is 30.5 Å². The SMILES string of the molecule is CNc1ncc(C(=O)NC(C)CCOC)c2ccccc12. The summed E-state index contributed by atoms with van der Waals surface area (Å²) < 4.78 is 5.03. The normalized spacial score (nSPS) is 12.1. The quantitative estimate of drug-likeness (QED) is 0.856. The van der Waals surface area contributed by atoms with Crippen molar-refractivity contribution in [1.29, 1.82) is 0 Å². The monoisotopic (exact) mass is 287 g/mol. The van der Waals surface area contributed by atoms with Gasteiger partial charge in [-0.15, -0.1) is 0 Å². The van der Waals surface area contributed by atoms with E-state index < -0.39 is 0 Å². The van der Waals surface area contributed by atoms with Gasteiger partial charge in [0.1, 0.15) is 5.82 Å². The van der Waals surface area contributed by atoms with Crippen LogP contribution in [0, 0.1) is 0 Å². The Bertz CT molecular complexity index is 628. The fraction of sp³-hybridized carbons (Fsp3) is 0.375. The molecule has 0 spiro atoms. The van der Waals surface area contributed by atoms with E-state index in [9.17, 15) is 4.79 Å². The van der Waals surface area contributed by atoms with Crippen LogP contribution in [0.25, 0.3) is 10.8 Å². The highest BCUT2D eigenvalue weighted by molar-refractivity contribution is 6.09. The van der Waals surface area contributed by atoms with E-state index in [-0.39, 0.29) is 11.9 Å². The maximum absolute atomic E-state index is 12.4. The molecule has 0 saturated carbocycles. The Morgan fingerprint density at radius 1 is 1.33 bits per heavy atom. The smallest absolute Gasteiger partial charge is 0.253 e. The lowest BCUT2D eigenvalue weighted by Gasteiger charge is -2.15. The van der Waals surface area contributed by atoms with Crippen molar-refractivity contribution < 1.29 is 9.53 Å². The molecule has 1 atom stereocenters. The van der Waals surface area contributed by atoms with Gasteiger partial charge in [-0.2, -0.15) is 0 Å². The first-order chi connectivity index (χ1) is 10.2. The van der Waals surface area contributed by atoms with Crippen molar-refractivity contribution in [2.45, 2.75) is 19.4 Å². The molecule has 1 heterocycles. The number of nitrogens with zero attached hydrogens (tertiary/aromatic N) is 1. The number of fused-ring (bicyclic) bond motifs is 1. The van der Waals surface area contributed by atoms with Crippen LogP contribution in [0.2, 0.25) is 0 Å². The number of anilines is 1. The van der Waals surface area contributed by atoms with Crippen LogP contribution >= 0.6 is 0 Å². The van der Waals surface area contributed by atoms with Gasteiger partial charge in [-0.1, -0.05) is 24.3 Å². The molecule has 2 N–H and O–H groups in total. The van der Waals surface area contributed by atoms with E-state index in [4.69, 9.17) is 4.74 Å². The molecule has 0 bridgehead atoms. The van der Waals surface area contributed by atoms with Gasteiger partial charge >= 0.3 is 0 Å². The molecule has 5 nitrogen and oxygen atoms in total. The summed E-state index contributed by atoms with van der Waals surface area (Å²) in [6.07, 6.45) is 2.40. The second kappa shape index (κ2) is 7.04. The summed E-state index contributed by atoms with van der Waals surface area (Å²) in [5.74, 6) is 0.666. The minimum atomic E-state index is -0.107. The van der Waals surface area contributed by atoms with E-state index in [1.54, 1.807) is 13.3 Å². The fourth-order valence-corrected chi connectivity index (χ4v) is 2.24. The zero-order valence-corrected chi connectivity index (χ0v) is 12.6. The Morgan fingerprint density at radius 2 is 2.05 bits per heavy atom. The number of pyridine rings is 1. The van der Waals surface area contributed by atoms with Crippen LogP contribution in [0.5, 0.6) is 0 Å². The number of amides is 1. The van der Waals surface area contributed by atoms with Crippen LogP contribution in [0.3, 0.4) is 0 Å². The lowest BCUT2D eigenvalue weighted by atomic mass is 10.1. The van der Waals surface area contributed by atoms with Crippen LogP contribution in [-0.4, -0.2) is 37.7 Å². The minimum Gasteiger partial charge on any atom is -0.385 e. The molecule has 1 aromatic carbocycles. The number of rotatable bonds is 6. The molecule has 2 aromatic rings. The van der Waals surface area contributed by atoms with Gasteiger partial charge in [-0.05, 0) is 18.7 Å². The molecule has 0 aliphatic rings. The Balaban J connectivity index is 2.28. The second-order valence-electron chi connectivity index (χ2n) is 4.97. The zero-order valence-electron chi connectivity index (χ0n) is 12.6. The lowest BCUT2D eigenvalue weighted by Crippen LogP contribution is -2.33. The number of carbonyl (C=O) groups excluding carboxylic acids is 1. The van der Waals surface area contributed by atoms with Crippen molar-refractivity contribution in [3.8, 4) is 0 Å². The number of ether oxygens (including phenoxy) is 1. The number of hydrogen-bond acceptors (Lipinski definition) is 4. The topological polar surface area (TPSA) is 63.2 Å². The standard InChI is InChI=1S/C16H21N3O2/c1-11(8-9-21-3)19-16(20)14-10-18-15(17-2)13-7-5-4-6-12(13)14/h4-7,10-11H,8-9H2,1-3H3,(H,17,18)(H,19,20). The second-order valence-corrected chi connectivity index (χ2v) is 4.97. The highest BCUT2D eigenvalue weighted by atomic mass is 16.5. The molecule has 1 aromatic heterocycles. The summed E-state index contributed by atoms with van der Waals surface area (Å²) in [5.41, 5.74) is 0.592. The third-order valence-electron chi connectivity index (χ3n) is 3.41. The van der Waals surface area contributed by atoms with E-state index in [2.05, 4.69) is 15.6 Å². The highest BCUT2D eigenvalue weighted by Gasteiger charge is 2.14. The molecule has 5 heteroatoms. The number of benzene rings is 1. The number of methoxy groups -OCH3 is 1. The molecule has 112 valence electrons. The third-order valence-corrected chi connectivity index (χ3v) is 3.41. The van der Waals surface area contributed by atoms with Gasteiger partial charge in [-0.25, -0.2) is 4.98 Å². The van der Waals surface area contributed by atoms with E-state index in [0.29, 0.717) is 12.2 Å². The summed E-state index contributed by atoms with van der Waals surface area (Å²) in [6.45, 7) is 2.59. The fourth-order valence-electron chi connectivity index (χ4n) is 2.24. The zero-order chi connectivity index (χ0) is 15.2. The lowest BCUT2D eigenvalue weighted by molar-refractivity contribution is 0.0931. The summed E-state index contributed by atoms with van der Waals surface area (Å²) in [4.78, 5) is 16.7. The van der Waals surface area contributed by atoms with Crippen molar-refractivity contribution in [3.05, 3.63) is 36.0 Å². The Hall–Kier alpha value is -2.14. The molecule has 1 unspecified atom stereocenters. The molecular weight excluding hydrogens is 266 g/mol. The molecule has 0 saturated heterocycles. The molecule has 0 radical (unpaired) electrons. The third kappa shape index (κ3) is 3.49. The van der Waals surface area contributed by atoms with E-state index in [1.807, 2.05) is 38.2 Å². The number of carbonyl (C=O) groups is 1. The summed E-state index contributed by atoms with van der Waals surface area (Å²) in [7, 11) is 3.48. The maximum atomic E-state index is 12.4. The first-order valence-electron chi connectivity index (χ1n) is 7.02. The van der Waals surface area contributed by atoms with Gasteiger partial charge in [-0.3, -0.25) is 4.79 Å². The van der Waals surface area contributed by atoms with E-state index >= 15 is 0 Å². The summed E-state index contributed by atoms with van der Waals surface area (Å²) in [6, 6.07) is 7.81. The van der Waals surface area contributed by atoms with E-state index in [1.165, 1.54) is 0 Å². The average Bonchev–Trinajstić information content (AvgIpc) is 2.51. The van der Waals surface area contributed by atoms with Crippen molar-refractivity contribution in [1.82, 2.24) is 10.3 Å². The first kappa shape index (κ1) is 15.3. The van der Waals surface area contributed by atoms with E-state index in [0.717, 1.165) is 23.0 Å². The predicted molar refractivity (Wildman–Crippen MR) is 84.7 cm³/mol. The first-order valence-corrected chi connectivity index (χ1v) is 7.02. The molecule has 0 aliphatic carbocycles. The van der Waals surface area contributed by atoms with Gasteiger partial charge < -0.3 is 15.4 Å². The van der Waals surface area contributed by atoms with Gasteiger partial charge in [0.25, 0.3) is 5.91 Å². The molecule has 1 amide bonds. The number of hydrogen-bond donors (Lipinski definition) is 2. The molecule has 0 fully saturated rings. The van der Waals surface area contributed by atoms with Crippen LogP contribution in [-0.2, 0) is 4.74 Å². The van der Waals surface area contributed by atoms with Gasteiger partial charge in [0.15, 0.2) is 0 Å². The number of nitrogens with one attached hydrogen (secondary N) is 2. The van der Waals surface area contributed by atoms with Crippen molar-refractivity contribution in [2.75, 3.05) is 26.1 Å². The molecule has 21 heavy (non-hydrogen) atoms. The van der Waals surface area contributed by atoms with Crippen LogP contribution < -0.4 is 10.6 Å². The highest BCUT2D eigenvalue weighted by Crippen LogP contribution is 2.24. The number of aromatic nitrogens is 1. The van der Waals surface area contributed by atoms with Crippen molar-refractivity contribution in [3.63, 3.8) is 0 Å². The Morgan fingerprint density at radius 3 is 2.71 bits per heavy atom. The summed E-state index contributed by atoms with van der Waals surface area (Å²) in [5, 5.41) is 7.87. The molecular formula is C16H21N3O2. The Labute approximate surface area is 124 Å². The van der Waals surface area contributed by atoms with Gasteiger partial charge in [0, 0.05) is 38.4 Å². The van der Waals surface area contributed by atoms with Gasteiger partial charge in [0.2, 0.25) is 0 Å². The van der Waals surface area contributed by atoms with Crippen LogP contribution in [0.4, 0.5) is 5.82 Å². The molecule has 0 aliphatic heterocycles. The Kier molecular flexibility index (Phi) is 5.11. The van der Waals surface area contributed by atoms with Crippen LogP contribution in [0.1, 0.15) is 23.7 Å². The minimum absolute atomic E-state index is 0.0557. The van der Waals surface area contributed by atoms with Crippen molar-refractivity contribution >= 4 is 22.5 Å². The average molecular weight is 287 g/mol. The van der Waals surface area contributed by atoms with Gasteiger partial charge in [0.05, 0.1) is 5.56 Å². The molecule has 2 rings (SSSR count). The summed E-state index contributed by atoms with van der Waals surface area (Å²) >= 11 is 0. The maximum Gasteiger partial charge on any atom is 0.253 e. The predicted octanol–water partition coefficient (Wildman–Crippen LogP) is 2.43. The van der Waals surface area contributed by atoms with Crippen molar-refractivity contribution in [2.24, 2.45) is 0 Å².